The van der Waals surface area contributed by atoms with Crippen LogP contribution in [0, 0.1) is 5.82 Å². The monoisotopic (exact) mass is 357 g/mol. The van der Waals surface area contributed by atoms with Crippen molar-refractivity contribution in [1.82, 2.24) is 14.6 Å². The van der Waals surface area contributed by atoms with Crippen molar-refractivity contribution in [2.24, 2.45) is 0 Å². The Bertz CT molecular complexity index is 1150. The SMILES string of the molecule is O=c1/c(=C\c2cccc(Cl)c2)sc2nc(-c3ccc(F)cc3)nn12. The van der Waals surface area contributed by atoms with Crippen LogP contribution >= 0.6 is 22.9 Å². The molecule has 0 bridgehead atoms. The number of fused-ring (bicyclic) bond motifs is 1. The summed E-state index contributed by atoms with van der Waals surface area (Å²) in [6.07, 6.45) is 1.76. The highest BCUT2D eigenvalue weighted by Crippen LogP contribution is 2.17. The minimum Gasteiger partial charge on any atom is -0.266 e. The maximum Gasteiger partial charge on any atom is 0.291 e. The number of thiazole rings is 1. The van der Waals surface area contributed by atoms with Crippen molar-refractivity contribution in [2.45, 2.75) is 0 Å². The molecule has 4 nitrogen and oxygen atoms in total. The Labute approximate surface area is 144 Å². The first-order valence-corrected chi connectivity index (χ1v) is 8.22. The van der Waals surface area contributed by atoms with Crippen molar-refractivity contribution in [3.8, 4) is 11.4 Å². The minimum atomic E-state index is -0.331. The van der Waals surface area contributed by atoms with Crippen molar-refractivity contribution >= 4 is 34.0 Å². The molecule has 0 aliphatic rings. The molecule has 0 aliphatic carbocycles. The van der Waals surface area contributed by atoms with Crippen LogP contribution in [0.1, 0.15) is 5.56 Å². The summed E-state index contributed by atoms with van der Waals surface area (Å²) >= 11 is 7.20. The summed E-state index contributed by atoms with van der Waals surface area (Å²) in [4.78, 5) is 17.3. The van der Waals surface area contributed by atoms with Crippen molar-refractivity contribution in [2.75, 3.05) is 0 Å². The van der Waals surface area contributed by atoms with Crippen LogP contribution in [0.5, 0.6) is 0 Å². The quantitative estimate of drug-likeness (QED) is 0.553. The molecule has 0 saturated carbocycles. The number of hydrogen-bond acceptors (Lipinski definition) is 4. The number of hydrogen-bond donors (Lipinski definition) is 0. The van der Waals surface area contributed by atoms with Gasteiger partial charge in [0.2, 0.25) is 4.96 Å². The topological polar surface area (TPSA) is 47.3 Å². The molecular formula is C17H9ClFN3OS. The van der Waals surface area contributed by atoms with Gasteiger partial charge in [0, 0.05) is 10.6 Å². The van der Waals surface area contributed by atoms with Gasteiger partial charge in [0.05, 0.1) is 4.53 Å². The standard InChI is InChI=1S/C17H9ClFN3OS/c18-12-3-1-2-10(8-12)9-14-16(23)22-17(24-14)20-15(21-22)11-4-6-13(19)7-5-11/h1-9H/b14-9+. The van der Waals surface area contributed by atoms with Gasteiger partial charge in [-0.3, -0.25) is 4.79 Å². The Morgan fingerprint density at radius 1 is 1.17 bits per heavy atom. The van der Waals surface area contributed by atoms with E-state index in [9.17, 15) is 9.18 Å². The molecule has 7 heteroatoms. The van der Waals surface area contributed by atoms with E-state index in [1.807, 2.05) is 12.1 Å². The molecule has 0 fully saturated rings. The van der Waals surface area contributed by atoms with Gasteiger partial charge in [0.15, 0.2) is 5.82 Å². The maximum absolute atomic E-state index is 13.0. The van der Waals surface area contributed by atoms with Gasteiger partial charge >= 0.3 is 0 Å². The van der Waals surface area contributed by atoms with Crippen LogP contribution in [0.15, 0.2) is 53.3 Å². The first-order valence-electron chi connectivity index (χ1n) is 7.03. The largest absolute Gasteiger partial charge is 0.291 e. The van der Waals surface area contributed by atoms with Gasteiger partial charge in [-0.2, -0.15) is 9.50 Å². The smallest absolute Gasteiger partial charge is 0.266 e. The Morgan fingerprint density at radius 3 is 2.67 bits per heavy atom. The summed E-state index contributed by atoms with van der Waals surface area (Å²) in [5.74, 6) is 0.0651. The lowest BCUT2D eigenvalue weighted by molar-refractivity contribution is 0.628. The van der Waals surface area contributed by atoms with E-state index >= 15 is 0 Å². The third-order valence-corrected chi connectivity index (χ3v) is 4.62. The molecule has 0 unspecified atom stereocenters. The van der Waals surface area contributed by atoms with E-state index in [0.29, 0.717) is 25.9 Å². The first kappa shape index (κ1) is 15.0. The second-order valence-corrected chi connectivity index (χ2v) is 6.55. The van der Waals surface area contributed by atoms with Gasteiger partial charge < -0.3 is 0 Å². The first-order chi connectivity index (χ1) is 11.6. The molecule has 0 amide bonds. The number of rotatable bonds is 2. The fourth-order valence-corrected chi connectivity index (χ4v) is 3.41. The van der Waals surface area contributed by atoms with Gasteiger partial charge in [-0.05, 0) is 48.0 Å². The summed E-state index contributed by atoms with van der Waals surface area (Å²) in [6, 6.07) is 13.1. The lowest BCUT2D eigenvalue weighted by Crippen LogP contribution is -2.23. The van der Waals surface area contributed by atoms with Gasteiger partial charge in [0.25, 0.3) is 5.56 Å². The van der Waals surface area contributed by atoms with Crippen LogP contribution in [-0.4, -0.2) is 14.6 Å². The number of halogens is 2. The van der Waals surface area contributed by atoms with Gasteiger partial charge in [-0.1, -0.05) is 35.1 Å². The van der Waals surface area contributed by atoms with Crippen LogP contribution in [0.3, 0.4) is 0 Å². The van der Waals surface area contributed by atoms with E-state index in [4.69, 9.17) is 11.6 Å². The molecule has 0 atom stereocenters. The Kier molecular flexibility index (Phi) is 3.63. The third kappa shape index (κ3) is 2.70. The highest BCUT2D eigenvalue weighted by Gasteiger charge is 2.12. The fourth-order valence-electron chi connectivity index (χ4n) is 2.30. The van der Waals surface area contributed by atoms with E-state index < -0.39 is 0 Å². The fraction of sp³-hybridized carbons (Fsp3) is 0. The lowest BCUT2D eigenvalue weighted by atomic mass is 10.2. The predicted molar refractivity (Wildman–Crippen MR) is 92.8 cm³/mol. The molecule has 118 valence electrons. The van der Waals surface area contributed by atoms with Gasteiger partial charge in [0.1, 0.15) is 5.82 Å². The molecule has 0 N–H and O–H groups in total. The Balaban J connectivity index is 1.81. The molecule has 0 saturated heterocycles. The van der Waals surface area contributed by atoms with E-state index in [-0.39, 0.29) is 11.4 Å². The summed E-state index contributed by atoms with van der Waals surface area (Å²) < 4.78 is 14.8. The van der Waals surface area contributed by atoms with Crippen molar-refractivity contribution in [3.63, 3.8) is 0 Å². The average Bonchev–Trinajstić information content (AvgIpc) is 3.09. The summed E-state index contributed by atoms with van der Waals surface area (Å²) in [5, 5.41) is 4.83. The molecule has 4 aromatic rings. The number of nitrogens with zero attached hydrogens (tertiary/aromatic N) is 3. The number of aromatic nitrogens is 3. The van der Waals surface area contributed by atoms with Crippen LogP contribution in [-0.2, 0) is 0 Å². The molecule has 0 radical (unpaired) electrons. The number of benzene rings is 2. The Hall–Kier alpha value is -2.57. The van der Waals surface area contributed by atoms with Crippen molar-refractivity contribution in [1.29, 1.82) is 0 Å². The highest BCUT2D eigenvalue weighted by atomic mass is 35.5. The van der Waals surface area contributed by atoms with E-state index in [1.54, 1.807) is 30.3 Å². The molecule has 2 aromatic carbocycles. The molecule has 4 rings (SSSR count). The van der Waals surface area contributed by atoms with E-state index in [1.165, 1.54) is 28.0 Å². The van der Waals surface area contributed by atoms with Crippen LogP contribution in [0.4, 0.5) is 4.39 Å². The van der Waals surface area contributed by atoms with E-state index in [2.05, 4.69) is 10.1 Å². The third-order valence-electron chi connectivity index (χ3n) is 3.43. The maximum atomic E-state index is 13.0. The van der Waals surface area contributed by atoms with Gasteiger partial charge in [-0.25, -0.2) is 4.39 Å². The zero-order valence-corrected chi connectivity index (χ0v) is 13.7. The molecule has 2 aromatic heterocycles. The normalized spacial score (nSPS) is 12.2. The second-order valence-electron chi connectivity index (χ2n) is 5.11. The minimum absolute atomic E-state index is 0.240. The second kappa shape index (κ2) is 5.81. The highest BCUT2D eigenvalue weighted by molar-refractivity contribution is 7.15. The molecule has 0 aliphatic heterocycles. The average molecular weight is 358 g/mol. The predicted octanol–water partition coefficient (Wildman–Crippen LogP) is 3.16. The molecule has 0 spiro atoms. The zero-order valence-electron chi connectivity index (χ0n) is 12.1. The Morgan fingerprint density at radius 2 is 1.96 bits per heavy atom. The van der Waals surface area contributed by atoms with Gasteiger partial charge in [-0.15, -0.1) is 5.10 Å². The zero-order chi connectivity index (χ0) is 16.7. The van der Waals surface area contributed by atoms with Crippen LogP contribution in [0.25, 0.3) is 22.4 Å². The van der Waals surface area contributed by atoms with E-state index in [0.717, 1.165) is 5.56 Å². The van der Waals surface area contributed by atoms with Crippen molar-refractivity contribution < 1.29 is 4.39 Å². The summed E-state index contributed by atoms with van der Waals surface area (Å²) in [6.45, 7) is 0. The molecular weight excluding hydrogens is 349 g/mol. The van der Waals surface area contributed by atoms with Crippen molar-refractivity contribution in [3.05, 3.63) is 79.8 Å². The van der Waals surface area contributed by atoms with Crippen LogP contribution in [0.2, 0.25) is 5.02 Å². The molecule has 24 heavy (non-hydrogen) atoms. The van der Waals surface area contributed by atoms with Crippen LogP contribution < -0.4 is 10.1 Å². The molecule has 2 heterocycles. The lowest BCUT2D eigenvalue weighted by Gasteiger charge is -1.93. The summed E-state index contributed by atoms with van der Waals surface area (Å²) in [7, 11) is 0. The summed E-state index contributed by atoms with van der Waals surface area (Å²) in [5.41, 5.74) is 1.26.